The van der Waals surface area contributed by atoms with Crippen molar-refractivity contribution in [2.24, 2.45) is 0 Å². The zero-order chi connectivity index (χ0) is 19.2. The van der Waals surface area contributed by atoms with Crippen LogP contribution in [0.3, 0.4) is 0 Å². The predicted octanol–water partition coefficient (Wildman–Crippen LogP) is 4.26. The minimum atomic E-state index is -0.334. The topological polar surface area (TPSA) is 52.5 Å². The van der Waals surface area contributed by atoms with E-state index in [1.807, 2.05) is 35.2 Å². The Balaban J connectivity index is 1.83. The Kier molecular flexibility index (Phi) is 5.76. The van der Waals surface area contributed by atoms with E-state index in [9.17, 15) is 9.18 Å². The summed E-state index contributed by atoms with van der Waals surface area (Å²) < 4.78 is 26.1. The number of ether oxygens (including phenoxy) is 2. The number of nitrogens with zero attached hydrogens (tertiary/aromatic N) is 1. The highest BCUT2D eigenvalue weighted by molar-refractivity contribution is 5.93. The quantitative estimate of drug-likeness (QED) is 0.678. The van der Waals surface area contributed by atoms with Crippen molar-refractivity contribution in [2.45, 2.75) is 12.5 Å². The summed E-state index contributed by atoms with van der Waals surface area (Å²) in [6.07, 6.45) is 3.85. The molecule has 140 valence electrons. The van der Waals surface area contributed by atoms with Gasteiger partial charge in [0, 0.05) is 18.5 Å². The van der Waals surface area contributed by atoms with E-state index in [1.54, 1.807) is 31.4 Å². The molecule has 0 radical (unpaired) electrons. The van der Waals surface area contributed by atoms with Crippen molar-refractivity contribution in [1.29, 1.82) is 0 Å². The van der Waals surface area contributed by atoms with Gasteiger partial charge in [-0.3, -0.25) is 4.79 Å². The highest BCUT2D eigenvalue weighted by atomic mass is 19.1. The number of carbonyl (C=O) groups is 1. The smallest absolute Gasteiger partial charge is 0.226 e. The second kappa shape index (κ2) is 8.40. The lowest BCUT2D eigenvalue weighted by Gasteiger charge is -2.20. The molecule has 27 heavy (non-hydrogen) atoms. The van der Waals surface area contributed by atoms with Crippen LogP contribution in [0.2, 0.25) is 0 Å². The van der Waals surface area contributed by atoms with E-state index in [0.29, 0.717) is 17.2 Å². The van der Waals surface area contributed by atoms with Gasteiger partial charge in [-0.25, -0.2) is 4.39 Å². The fourth-order valence-corrected chi connectivity index (χ4v) is 2.95. The van der Waals surface area contributed by atoms with Gasteiger partial charge < -0.3 is 19.4 Å². The molecule has 0 aliphatic carbocycles. The van der Waals surface area contributed by atoms with E-state index in [2.05, 4.69) is 5.32 Å². The van der Waals surface area contributed by atoms with Crippen LogP contribution in [0.1, 0.15) is 18.0 Å². The molecule has 1 atom stereocenters. The van der Waals surface area contributed by atoms with Gasteiger partial charge in [-0.05, 0) is 42.0 Å². The first-order valence-corrected chi connectivity index (χ1v) is 8.50. The van der Waals surface area contributed by atoms with Crippen LogP contribution in [0, 0.1) is 5.82 Å². The number of nitrogens with one attached hydrogen (secondary N) is 1. The van der Waals surface area contributed by atoms with Gasteiger partial charge in [0.2, 0.25) is 5.91 Å². The lowest BCUT2D eigenvalue weighted by atomic mass is 10.0. The summed E-state index contributed by atoms with van der Waals surface area (Å²) in [7, 11) is 3.09. The molecular weight excluding hydrogens is 347 g/mol. The van der Waals surface area contributed by atoms with Crippen LogP contribution >= 0.6 is 0 Å². The minimum absolute atomic E-state index is 0.137. The first-order chi connectivity index (χ1) is 13.1. The summed E-state index contributed by atoms with van der Waals surface area (Å²) >= 11 is 0. The maximum Gasteiger partial charge on any atom is 0.226 e. The minimum Gasteiger partial charge on any atom is -0.497 e. The van der Waals surface area contributed by atoms with E-state index in [-0.39, 0.29) is 24.2 Å². The average Bonchev–Trinajstić information content (AvgIpc) is 3.20. The van der Waals surface area contributed by atoms with Crippen LogP contribution in [0.5, 0.6) is 11.5 Å². The molecule has 0 fully saturated rings. The largest absolute Gasteiger partial charge is 0.497 e. The Hall–Kier alpha value is -3.28. The number of carbonyl (C=O) groups excluding carboxylic acids is 1. The van der Waals surface area contributed by atoms with Crippen molar-refractivity contribution in [3.05, 3.63) is 78.4 Å². The Morgan fingerprint density at radius 1 is 1.07 bits per heavy atom. The molecule has 2 aromatic carbocycles. The van der Waals surface area contributed by atoms with Gasteiger partial charge in [0.1, 0.15) is 17.3 Å². The number of hydrogen-bond acceptors (Lipinski definition) is 3. The third-order valence-electron chi connectivity index (χ3n) is 4.28. The molecule has 5 nitrogen and oxygen atoms in total. The first kappa shape index (κ1) is 18.5. The molecule has 1 aromatic heterocycles. The summed E-state index contributed by atoms with van der Waals surface area (Å²) in [5.41, 5.74) is 1.24. The van der Waals surface area contributed by atoms with Crippen molar-refractivity contribution in [3.63, 3.8) is 0 Å². The van der Waals surface area contributed by atoms with E-state index < -0.39 is 0 Å². The molecule has 0 bridgehead atoms. The van der Waals surface area contributed by atoms with E-state index in [0.717, 1.165) is 5.56 Å². The third-order valence-corrected chi connectivity index (χ3v) is 4.28. The lowest BCUT2D eigenvalue weighted by Crippen LogP contribution is -2.20. The molecule has 3 rings (SSSR count). The van der Waals surface area contributed by atoms with Gasteiger partial charge in [-0.2, -0.15) is 0 Å². The number of halogens is 1. The highest BCUT2D eigenvalue weighted by Crippen LogP contribution is 2.30. The van der Waals surface area contributed by atoms with E-state index in [1.165, 1.54) is 19.2 Å². The summed E-state index contributed by atoms with van der Waals surface area (Å²) in [5.74, 6) is 0.592. The fourth-order valence-electron chi connectivity index (χ4n) is 2.95. The first-order valence-electron chi connectivity index (χ1n) is 8.50. The second-order valence-corrected chi connectivity index (χ2v) is 6.02. The fraction of sp³-hybridized carbons (Fsp3) is 0.190. The molecule has 1 heterocycles. The molecule has 6 heteroatoms. The highest BCUT2D eigenvalue weighted by Gasteiger charge is 2.19. The molecule has 3 aromatic rings. The predicted molar refractivity (Wildman–Crippen MR) is 102 cm³/mol. The third kappa shape index (κ3) is 4.47. The molecule has 0 aliphatic heterocycles. The number of methoxy groups -OCH3 is 2. The Bertz CT molecular complexity index is 910. The Morgan fingerprint density at radius 2 is 1.85 bits per heavy atom. The lowest BCUT2D eigenvalue weighted by molar-refractivity contribution is -0.116. The molecule has 1 amide bonds. The van der Waals surface area contributed by atoms with Crippen LogP contribution in [-0.2, 0) is 4.79 Å². The number of rotatable bonds is 7. The molecule has 1 N–H and O–H groups in total. The van der Waals surface area contributed by atoms with Crippen LogP contribution < -0.4 is 14.8 Å². The van der Waals surface area contributed by atoms with Crippen LogP contribution in [0.4, 0.5) is 10.1 Å². The van der Waals surface area contributed by atoms with Crippen molar-refractivity contribution in [1.82, 2.24) is 4.57 Å². The number of amides is 1. The molecule has 0 saturated heterocycles. The van der Waals surface area contributed by atoms with Gasteiger partial charge in [0.15, 0.2) is 0 Å². The second-order valence-electron chi connectivity index (χ2n) is 6.02. The van der Waals surface area contributed by atoms with Crippen molar-refractivity contribution in [2.75, 3.05) is 19.5 Å². The molecule has 0 aliphatic rings. The molecule has 0 saturated carbocycles. The molecular formula is C21H21FN2O3. The standard InChI is InChI=1S/C21H21FN2O3/c1-26-17-8-9-20(27-2)18(13-17)23-21(25)14-19(24-10-3-4-11-24)15-6-5-7-16(22)12-15/h3-13,19H,14H2,1-2H3,(H,23,25). The molecule has 0 spiro atoms. The van der Waals surface area contributed by atoms with Crippen LogP contribution in [0.25, 0.3) is 0 Å². The average molecular weight is 368 g/mol. The number of hydrogen-bond donors (Lipinski definition) is 1. The van der Waals surface area contributed by atoms with E-state index >= 15 is 0 Å². The van der Waals surface area contributed by atoms with Gasteiger partial charge in [-0.15, -0.1) is 0 Å². The summed E-state index contributed by atoms with van der Waals surface area (Å²) in [6, 6.07) is 14.9. The van der Waals surface area contributed by atoms with Crippen molar-refractivity contribution >= 4 is 11.6 Å². The summed E-state index contributed by atoms with van der Waals surface area (Å²) in [5, 5.41) is 2.86. The maximum atomic E-state index is 13.7. The van der Waals surface area contributed by atoms with Gasteiger partial charge in [0.25, 0.3) is 0 Å². The van der Waals surface area contributed by atoms with Gasteiger partial charge in [0.05, 0.1) is 32.4 Å². The monoisotopic (exact) mass is 368 g/mol. The van der Waals surface area contributed by atoms with Gasteiger partial charge in [-0.1, -0.05) is 12.1 Å². The normalized spacial score (nSPS) is 11.7. The number of benzene rings is 2. The summed E-state index contributed by atoms with van der Waals surface area (Å²) in [6.45, 7) is 0. The van der Waals surface area contributed by atoms with E-state index in [4.69, 9.17) is 9.47 Å². The van der Waals surface area contributed by atoms with Gasteiger partial charge >= 0.3 is 0 Å². The zero-order valence-corrected chi connectivity index (χ0v) is 15.2. The molecule has 1 unspecified atom stereocenters. The van der Waals surface area contributed by atoms with Crippen LogP contribution in [0.15, 0.2) is 67.0 Å². The van der Waals surface area contributed by atoms with Crippen LogP contribution in [-0.4, -0.2) is 24.7 Å². The number of anilines is 1. The maximum absolute atomic E-state index is 13.7. The van der Waals surface area contributed by atoms with Crippen molar-refractivity contribution in [3.8, 4) is 11.5 Å². The Labute approximate surface area is 157 Å². The van der Waals surface area contributed by atoms with Crippen molar-refractivity contribution < 1.29 is 18.7 Å². The summed E-state index contributed by atoms with van der Waals surface area (Å²) in [4.78, 5) is 12.7. The zero-order valence-electron chi connectivity index (χ0n) is 15.2. The Morgan fingerprint density at radius 3 is 2.52 bits per heavy atom. The number of aromatic nitrogens is 1. The SMILES string of the molecule is COc1ccc(OC)c(NC(=O)CC(c2cccc(F)c2)n2cccc2)c1.